The number of rotatable bonds is 7. The third-order valence-corrected chi connectivity index (χ3v) is 2.24. The van der Waals surface area contributed by atoms with Crippen LogP contribution in [0.1, 0.15) is 38.0 Å². The van der Waals surface area contributed by atoms with Gasteiger partial charge >= 0.3 is 0 Å². The molecule has 1 aromatic rings. The van der Waals surface area contributed by atoms with Gasteiger partial charge in [-0.1, -0.05) is 19.8 Å². The van der Waals surface area contributed by atoms with Crippen LogP contribution in [-0.2, 0) is 0 Å². The molecule has 0 aliphatic heterocycles. The maximum absolute atomic E-state index is 8.74. The number of nitrogens with one attached hydrogen (secondary N) is 1. The number of hydrogen-bond acceptors (Lipinski definition) is 3. The van der Waals surface area contributed by atoms with Gasteiger partial charge in [0.2, 0.25) is 0 Å². The lowest BCUT2D eigenvalue weighted by Gasteiger charge is -2.15. The molecule has 0 saturated heterocycles. The summed E-state index contributed by atoms with van der Waals surface area (Å²) in [7, 11) is 0. The molecule has 0 fully saturated rings. The summed E-state index contributed by atoms with van der Waals surface area (Å²) in [6, 6.07) is 4.12. The first-order chi connectivity index (χ1) is 6.88. The lowest BCUT2D eigenvalue weighted by Crippen LogP contribution is -2.24. The second-order valence-electron chi connectivity index (χ2n) is 3.39. The van der Waals surface area contributed by atoms with Crippen molar-refractivity contribution in [3.63, 3.8) is 0 Å². The smallest absolute Gasteiger partial charge is 0.120 e. The van der Waals surface area contributed by atoms with Gasteiger partial charge in [-0.2, -0.15) is 0 Å². The van der Waals surface area contributed by atoms with Crippen LogP contribution in [0.4, 0.5) is 0 Å². The summed E-state index contributed by atoms with van der Waals surface area (Å²) < 4.78 is 5.35. The molecule has 0 aliphatic rings. The monoisotopic (exact) mass is 197 g/mol. The van der Waals surface area contributed by atoms with Crippen LogP contribution in [0, 0.1) is 0 Å². The van der Waals surface area contributed by atoms with Crippen molar-refractivity contribution in [2.24, 2.45) is 0 Å². The van der Waals surface area contributed by atoms with E-state index in [-0.39, 0.29) is 12.6 Å². The van der Waals surface area contributed by atoms with Crippen LogP contribution in [0.3, 0.4) is 0 Å². The highest BCUT2D eigenvalue weighted by Gasteiger charge is 2.11. The summed E-state index contributed by atoms with van der Waals surface area (Å²) >= 11 is 0. The number of aliphatic hydroxyl groups excluding tert-OH is 1. The normalized spacial score (nSPS) is 13.0. The highest BCUT2D eigenvalue weighted by molar-refractivity contribution is 5.04. The van der Waals surface area contributed by atoms with Crippen molar-refractivity contribution in [1.29, 1.82) is 0 Å². The average molecular weight is 197 g/mol. The number of aliphatic hydroxyl groups is 1. The Morgan fingerprint density at radius 1 is 1.57 bits per heavy atom. The molecule has 0 radical (unpaired) electrons. The molecule has 0 aliphatic carbocycles. The minimum Gasteiger partial charge on any atom is -0.468 e. The van der Waals surface area contributed by atoms with Gasteiger partial charge in [-0.05, 0) is 18.6 Å². The molecular formula is C11H19NO2. The van der Waals surface area contributed by atoms with E-state index >= 15 is 0 Å². The molecule has 2 N–H and O–H groups in total. The van der Waals surface area contributed by atoms with Crippen molar-refractivity contribution in [1.82, 2.24) is 5.32 Å². The van der Waals surface area contributed by atoms with Crippen LogP contribution < -0.4 is 5.32 Å². The first-order valence-corrected chi connectivity index (χ1v) is 5.26. The van der Waals surface area contributed by atoms with Crippen molar-refractivity contribution in [3.8, 4) is 0 Å². The number of furan rings is 1. The largest absolute Gasteiger partial charge is 0.468 e. The van der Waals surface area contributed by atoms with E-state index in [1.807, 2.05) is 12.1 Å². The predicted molar refractivity (Wildman–Crippen MR) is 56.1 cm³/mol. The van der Waals surface area contributed by atoms with E-state index in [0.29, 0.717) is 6.54 Å². The van der Waals surface area contributed by atoms with Crippen LogP contribution in [-0.4, -0.2) is 18.3 Å². The molecule has 3 nitrogen and oxygen atoms in total. The Bertz CT molecular complexity index is 213. The molecule has 0 amide bonds. The summed E-state index contributed by atoms with van der Waals surface area (Å²) in [5.41, 5.74) is 0. The molecule has 0 aromatic carbocycles. The van der Waals surface area contributed by atoms with E-state index in [1.54, 1.807) is 6.26 Å². The SMILES string of the molecule is CCCC[C@@H](NCCO)c1ccco1. The lowest BCUT2D eigenvalue weighted by molar-refractivity contribution is 0.275. The fraction of sp³-hybridized carbons (Fsp3) is 0.636. The van der Waals surface area contributed by atoms with Crippen LogP contribution in [0.15, 0.2) is 22.8 Å². The third-order valence-electron chi connectivity index (χ3n) is 2.24. The molecule has 0 unspecified atom stereocenters. The summed E-state index contributed by atoms with van der Waals surface area (Å²) in [5, 5.41) is 12.0. The minimum absolute atomic E-state index is 0.170. The van der Waals surface area contributed by atoms with E-state index in [1.165, 1.54) is 12.8 Å². The Morgan fingerprint density at radius 2 is 2.43 bits per heavy atom. The van der Waals surface area contributed by atoms with E-state index < -0.39 is 0 Å². The van der Waals surface area contributed by atoms with E-state index in [2.05, 4.69) is 12.2 Å². The van der Waals surface area contributed by atoms with E-state index in [9.17, 15) is 0 Å². The molecule has 14 heavy (non-hydrogen) atoms. The number of unbranched alkanes of at least 4 members (excludes halogenated alkanes) is 1. The highest BCUT2D eigenvalue weighted by atomic mass is 16.3. The van der Waals surface area contributed by atoms with Crippen molar-refractivity contribution < 1.29 is 9.52 Å². The summed E-state index contributed by atoms with van der Waals surface area (Å²) in [4.78, 5) is 0. The molecule has 1 rings (SSSR count). The van der Waals surface area contributed by atoms with Gasteiger partial charge in [-0.3, -0.25) is 0 Å². The van der Waals surface area contributed by atoms with Gasteiger partial charge < -0.3 is 14.8 Å². The van der Waals surface area contributed by atoms with Crippen molar-refractivity contribution in [2.45, 2.75) is 32.2 Å². The number of hydrogen-bond donors (Lipinski definition) is 2. The van der Waals surface area contributed by atoms with Crippen molar-refractivity contribution in [3.05, 3.63) is 24.2 Å². The first-order valence-electron chi connectivity index (χ1n) is 5.26. The second-order valence-corrected chi connectivity index (χ2v) is 3.39. The van der Waals surface area contributed by atoms with Crippen molar-refractivity contribution in [2.75, 3.05) is 13.2 Å². The van der Waals surface area contributed by atoms with Gasteiger partial charge in [0.25, 0.3) is 0 Å². The maximum atomic E-state index is 8.74. The average Bonchev–Trinajstić information content (AvgIpc) is 2.71. The molecule has 0 spiro atoms. The van der Waals surface area contributed by atoms with E-state index in [0.717, 1.165) is 12.2 Å². The van der Waals surface area contributed by atoms with E-state index in [4.69, 9.17) is 9.52 Å². The molecular weight excluding hydrogens is 178 g/mol. The minimum atomic E-state index is 0.170. The van der Waals surface area contributed by atoms with Crippen LogP contribution in [0.25, 0.3) is 0 Å². The fourth-order valence-corrected chi connectivity index (χ4v) is 1.48. The Kier molecular flexibility index (Phi) is 5.33. The Balaban J connectivity index is 2.44. The molecule has 1 heterocycles. The molecule has 80 valence electrons. The van der Waals surface area contributed by atoms with Gasteiger partial charge in [0.05, 0.1) is 18.9 Å². The van der Waals surface area contributed by atoms with Gasteiger partial charge in [-0.25, -0.2) is 0 Å². The second kappa shape index (κ2) is 6.62. The van der Waals surface area contributed by atoms with Gasteiger partial charge in [0, 0.05) is 6.54 Å². The molecule has 0 bridgehead atoms. The topological polar surface area (TPSA) is 45.4 Å². The van der Waals surface area contributed by atoms with Gasteiger partial charge in [-0.15, -0.1) is 0 Å². The Morgan fingerprint density at radius 3 is 3.00 bits per heavy atom. The zero-order chi connectivity index (χ0) is 10.2. The van der Waals surface area contributed by atoms with Crippen molar-refractivity contribution >= 4 is 0 Å². The quantitative estimate of drug-likeness (QED) is 0.703. The van der Waals surface area contributed by atoms with Crippen LogP contribution in [0.2, 0.25) is 0 Å². The zero-order valence-electron chi connectivity index (χ0n) is 8.70. The zero-order valence-corrected chi connectivity index (χ0v) is 8.70. The molecule has 1 atom stereocenters. The fourth-order valence-electron chi connectivity index (χ4n) is 1.48. The molecule has 0 saturated carbocycles. The summed E-state index contributed by atoms with van der Waals surface area (Å²) in [5.74, 6) is 0.965. The van der Waals surface area contributed by atoms with Gasteiger partial charge in [0.15, 0.2) is 0 Å². The summed E-state index contributed by atoms with van der Waals surface area (Å²) in [6.45, 7) is 2.96. The van der Waals surface area contributed by atoms with Crippen LogP contribution >= 0.6 is 0 Å². The standard InChI is InChI=1S/C11H19NO2/c1-2-3-5-10(12-7-8-13)11-6-4-9-14-11/h4,6,9-10,12-13H,2-3,5,7-8H2,1H3/t10-/m1/s1. The van der Waals surface area contributed by atoms with Crippen LogP contribution in [0.5, 0.6) is 0 Å². The first kappa shape index (κ1) is 11.3. The Labute approximate surface area is 85.1 Å². The predicted octanol–water partition coefficient (Wildman–Crippen LogP) is 2.09. The molecule has 1 aromatic heterocycles. The van der Waals surface area contributed by atoms with Gasteiger partial charge in [0.1, 0.15) is 5.76 Å². The summed E-state index contributed by atoms with van der Waals surface area (Å²) in [6.07, 6.45) is 5.10. The lowest BCUT2D eigenvalue weighted by atomic mass is 10.1. The highest BCUT2D eigenvalue weighted by Crippen LogP contribution is 2.19. The molecule has 3 heteroatoms. The maximum Gasteiger partial charge on any atom is 0.120 e. The third kappa shape index (κ3) is 3.52. The Hall–Kier alpha value is -0.800.